The van der Waals surface area contributed by atoms with Gasteiger partial charge in [0.1, 0.15) is 3.77 Å². The lowest BCUT2D eigenvalue weighted by atomic mass is 9.77. The predicted octanol–water partition coefficient (Wildman–Crippen LogP) is 5.31. The van der Waals surface area contributed by atoms with Crippen molar-refractivity contribution in [1.82, 2.24) is 0 Å². The van der Waals surface area contributed by atoms with Crippen LogP contribution in [0.4, 0.5) is 0 Å². The highest BCUT2D eigenvalue weighted by molar-refractivity contribution is 14.1. The summed E-state index contributed by atoms with van der Waals surface area (Å²) in [6, 6.07) is 8.69. The van der Waals surface area contributed by atoms with Crippen molar-refractivity contribution >= 4 is 31.6 Å². The molecule has 2 nitrogen and oxygen atoms in total. The molecule has 0 radical (unpaired) electrons. The maximum absolute atomic E-state index is 5.94. The molecule has 0 aliphatic heterocycles. The number of allylic oxidation sites excluding steroid dienone is 1. The molecule has 0 heterocycles. The van der Waals surface area contributed by atoms with Crippen molar-refractivity contribution in [3.63, 3.8) is 0 Å². The Bertz CT molecular complexity index is 492. The molecule has 0 spiro atoms. The number of benzene rings is 1. The van der Waals surface area contributed by atoms with Gasteiger partial charge in [-0.15, -0.1) is 0 Å². The number of rotatable bonds is 7. The van der Waals surface area contributed by atoms with Crippen LogP contribution in [0.25, 0.3) is 0 Å². The van der Waals surface area contributed by atoms with E-state index in [9.17, 15) is 0 Å². The summed E-state index contributed by atoms with van der Waals surface area (Å²) in [4.78, 5) is 0. The number of hydrogen-bond donors (Lipinski definition) is 0. The number of hydrogen-bond acceptors (Lipinski definition) is 2. The van der Waals surface area contributed by atoms with Crippen LogP contribution in [-0.2, 0) is 22.2 Å². The molecule has 0 fully saturated rings. The lowest BCUT2D eigenvalue weighted by molar-refractivity contribution is 0.185. The van der Waals surface area contributed by atoms with Crippen molar-refractivity contribution in [3.8, 4) is 0 Å². The van der Waals surface area contributed by atoms with Gasteiger partial charge < -0.3 is 9.16 Å². The molecule has 1 aromatic rings. The summed E-state index contributed by atoms with van der Waals surface area (Å²) in [5, 5.41) is 0. The fraction of sp³-hybridized carbons (Fsp3) is 0.556. The minimum Gasteiger partial charge on any atom is -0.543 e. The molecule has 0 aliphatic rings. The van der Waals surface area contributed by atoms with Gasteiger partial charge in [0.2, 0.25) is 9.04 Å². The van der Waals surface area contributed by atoms with E-state index in [1.807, 2.05) is 0 Å². The molecule has 0 saturated carbocycles. The largest absolute Gasteiger partial charge is 0.543 e. The summed E-state index contributed by atoms with van der Waals surface area (Å²) >= 11 is 2.33. The topological polar surface area (TPSA) is 18.5 Å². The van der Waals surface area contributed by atoms with Crippen molar-refractivity contribution < 1.29 is 9.16 Å². The maximum Gasteiger partial charge on any atom is 0.230 e. The molecule has 0 saturated heterocycles. The molecule has 0 N–H and O–H groups in total. The van der Waals surface area contributed by atoms with E-state index >= 15 is 0 Å². The molecule has 22 heavy (non-hydrogen) atoms. The first-order valence-electron chi connectivity index (χ1n) is 7.83. The molecule has 0 unspecified atom stereocenters. The molecule has 0 aliphatic carbocycles. The summed E-state index contributed by atoms with van der Waals surface area (Å²) in [6.45, 7) is 12.0. The van der Waals surface area contributed by atoms with Gasteiger partial charge >= 0.3 is 0 Å². The molecule has 0 bridgehead atoms. The van der Waals surface area contributed by atoms with Crippen LogP contribution in [-0.4, -0.2) is 16.2 Å². The van der Waals surface area contributed by atoms with Crippen molar-refractivity contribution in [3.05, 3.63) is 45.2 Å². The lowest BCUT2D eigenvalue weighted by Gasteiger charge is -2.29. The van der Waals surface area contributed by atoms with E-state index in [1.165, 1.54) is 11.1 Å². The molecular formula is C18H29IO2Si. The quantitative estimate of drug-likeness (QED) is 0.330. The fourth-order valence-corrected chi connectivity index (χ4v) is 4.79. The van der Waals surface area contributed by atoms with E-state index in [-0.39, 0.29) is 5.41 Å². The van der Waals surface area contributed by atoms with E-state index in [0.717, 1.165) is 10.2 Å². The fourth-order valence-electron chi connectivity index (χ4n) is 2.30. The van der Waals surface area contributed by atoms with E-state index < -0.39 is 9.04 Å². The summed E-state index contributed by atoms with van der Waals surface area (Å²) in [5.41, 5.74) is 2.80. The van der Waals surface area contributed by atoms with E-state index in [4.69, 9.17) is 9.16 Å². The Hall–Kier alpha value is -0.333. The molecule has 1 aromatic carbocycles. The van der Waals surface area contributed by atoms with Crippen molar-refractivity contribution in [2.75, 3.05) is 7.11 Å². The second-order valence-corrected chi connectivity index (χ2v) is 10.5. The highest BCUT2D eigenvalue weighted by atomic mass is 127. The van der Waals surface area contributed by atoms with Gasteiger partial charge in [-0.1, -0.05) is 45.0 Å². The Morgan fingerprint density at radius 1 is 1.27 bits per heavy atom. The Balaban J connectivity index is 2.92. The third-order valence-electron chi connectivity index (χ3n) is 3.55. The van der Waals surface area contributed by atoms with Gasteiger partial charge in [-0.3, -0.25) is 0 Å². The average Bonchev–Trinajstić information content (AvgIpc) is 2.36. The minimum atomic E-state index is -1.04. The van der Waals surface area contributed by atoms with Gasteiger partial charge in [0.05, 0.1) is 6.61 Å². The normalized spacial score (nSPS) is 14.3. The van der Waals surface area contributed by atoms with E-state index in [0.29, 0.717) is 12.5 Å². The Morgan fingerprint density at radius 3 is 2.45 bits per heavy atom. The SMILES string of the molecule is COCc1cccc(C[C@@H](C=C(I)O[SiH](C)C)C(C)(C)C)c1. The standard InChI is InChI=1S/C18H29IO2Si/c1-18(2,3)16(12-17(19)21-22(5)6)11-14-8-7-9-15(10-14)13-20-4/h7-10,12,16,22H,11,13H2,1-6H3/t16-/m0/s1. The summed E-state index contributed by atoms with van der Waals surface area (Å²) < 4.78 is 12.2. The van der Waals surface area contributed by atoms with Crippen LogP contribution in [0.15, 0.2) is 34.1 Å². The van der Waals surface area contributed by atoms with Crippen LogP contribution in [0.2, 0.25) is 13.1 Å². The summed E-state index contributed by atoms with van der Waals surface area (Å²) in [5.74, 6) is 0.449. The Labute approximate surface area is 151 Å². The van der Waals surface area contributed by atoms with Crippen LogP contribution in [0, 0.1) is 11.3 Å². The van der Waals surface area contributed by atoms with Gasteiger partial charge in [0.15, 0.2) is 0 Å². The van der Waals surface area contributed by atoms with Crippen molar-refractivity contribution in [2.24, 2.45) is 11.3 Å². The van der Waals surface area contributed by atoms with Crippen LogP contribution >= 0.6 is 22.6 Å². The lowest BCUT2D eigenvalue weighted by Crippen LogP contribution is -2.21. The van der Waals surface area contributed by atoms with Gasteiger partial charge in [-0.2, -0.15) is 0 Å². The highest BCUT2D eigenvalue weighted by Gasteiger charge is 2.24. The van der Waals surface area contributed by atoms with Crippen molar-refractivity contribution in [1.29, 1.82) is 0 Å². The monoisotopic (exact) mass is 432 g/mol. The zero-order valence-corrected chi connectivity index (χ0v) is 18.0. The average molecular weight is 432 g/mol. The first-order chi connectivity index (χ1) is 10.2. The molecular weight excluding hydrogens is 403 g/mol. The second kappa shape index (κ2) is 9.08. The number of ether oxygens (including phenoxy) is 1. The van der Waals surface area contributed by atoms with Gasteiger partial charge in [0, 0.05) is 7.11 Å². The third kappa shape index (κ3) is 7.29. The zero-order valence-electron chi connectivity index (χ0n) is 14.7. The Morgan fingerprint density at radius 2 is 1.91 bits per heavy atom. The van der Waals surface area contributed by atoms with Crippen molar-refractivity contribution in [2.45, 2.75) is 46.9 Å². The molecule has 1 atom stereocenters. The van der Waals surface area contributed by atoms with Crippen LogP contribution < -0.4 is 0 Å². The van der Waals surface area contributed by atoms with Crippen LogP contribution in [0.3, 0.4) is 0 Å². The van der Waals surface area contributed by atoms with Gasteiger partial charge in [-0.05, 0) is 70.6 Å². The maximum atomic E-state index is 5.94. The molecule has 4 heteroatoms. The van der Waals surface area contributed by atoms with E-state index in [1.54, 1.807) is 7.11 Å². The summed E-state index contributed by atoms with van der Waals surface area (Å²) in [7, 11) is 0.703. The second-order valence-electron chi connectivity index (χ2n) is 7.07. The highest BCUT2D eigenvalue weighted by Crippen LogP contribution is 2.32. The van der Waals surface area contributed by atoms with Gasteiger partial charge in [0.25, 0.3) is 0 Å². The first kappa shape index (κ1) is 19.7. The third-order valence-corrected chi connectivity index (χ3v) is 5.37. The predicted molar refractivity (Wildman–Crippen MR) is 106 cm³/mol. The van der Waals surface area contributed by atoms with Crippen LogP contribution in [0.1, 0.15) is 31.9 Å². The molecule has 124 valence electrons. The molecule has 1 rings (SSSR count). The minimum absolute atomic E-state index is 0.204. The number of halogens is 1. The molecule has 0 amide bonds. The molecule has 0 aromatic heterocycles. The smallest absolute Gasteiger partial charge is 0.230 e. The van der Waals surface area contributed by atoms with Crippen LogP contribution in [0.5, 0.6) is 0 Å². The number of methoxy groups -OCH3 is 1. The Kier molecular flexibility index (Phi) is 8.14. The summed E-state index contributed by atoms with van der Waals surface area (Å²) in [6.07, 6.45) is 3.33. The first-order valence-corrected chi connectivity index (χ1v) is 11.7. The van der Waals surface area contributed by atoms with E-state index in [2.05, 4.69) is 86.8 Å². The zero-order chi connectivity index (χ0) is 16.8. The van der Waals surface area contributed by atoms with Gasteiger partial charge in [-0.25, -0.2) is 0 Å².